The Morgan fingerprint density at radius 2 is 2.06 bits per heavy atom. The Morgan fingerprint density at radius 3 is 2.72 bits per heavy atom. The van der Waals surface area contributed by atoms with Crippen molar-refractivity contribution in [2.75, 3.05) is 50.0 Å². The minimum absolute atomic E-state index is 0.222. The third-order valence-electron chi connectivity index (χ3n) is 3.23. The number of likely N-dealkylation sites (N-methyl/N-ethyl adjacent to an activating group) is 1. The van der Waals surface area contributed by atoms with Crippen LogP contribution in [0.25, 0.3) is 0 Å². The Hall–Kier alpha value is -1.40. The van der Waals surface area contributed by atoms with E-state index in [2.05, 4.69) is 32.1 Å². The molecule has 2 rings (SSSR count). The van der Waals surface area contributed by atoms with E-state index in [0.717, 1.165) is 37.8 Å². The molecule has 1 atom stereocenters. The smallest absolute Gasteiger partial charge is 0.134 e. The molecule has 0 bridgehead atoms. The number of piperazine rings is 1. The zero-order valence-electron chi connectivity index (χ0n) is 11.1. The molecular formula is C12H22N6. The lowest BCUT2D eigenvalue weighted by Gasteiger charge is -2.33. The minimum Gasteiger partial charge on any atom is -0.366 e. The van der Waals surface area contributed by atoms with E-state index in [1.54, 1.807) is 6.33 Å². The summed E-state index contributed by atoms with van der Waals surface area (Å²) >= 11 is 0. The lowest BCUT2D eigenvalue weighted by atomic mass is 10.3. The molecule has 18 heavy (non-hydrogen) atoms. The molecule has 3 N–H and O–H groups in total. The highest BCUT2D eigenvalue weighted by atomic mass is 15.3. The van der Waals surface area contributed by atoms with Crippen LogP contribution in [0.5, 0.6) is 0 Å². The maximum atomic E-state index is 5.59. The predicted octanol–water partition coefficient (Wildman–Crippen LogP) is -0.0125. The first-order valence-electron chi connectivity index (χ1n) is 6.41. The van der Waals surface area contributed by atoms with Crippen LogP contribution in [0.3, 0.4) is 0 Å². The van der Waals surface area contributed by atoms with Gasteiger partial charge < -0.3 is 20.9 Å². The SMILES string of the molecule is CC(CN)Nc1cc(N2CCN(C)CC2)ncn1. The maximum Gasteiger partial charge on any atom is 0.134 e. The van der Waals surface area contributed by atoms with Crippen molar-refractivity contribution in [1.29, 1.82) is 0 Å². The third-order valence-corrected chi connectivity index (χ3v) is 3.23. The van der Waals surface area contributed by atoms with Crippen molar-refractivity contribution in [3.63, 3.8) is 0 Å². The molecule has 0 amide bonds. The number of nitrogens with zero attached hydrogens (tertiary/aromatic N) is 4. The molecule has 0 radical (unpaired) electrons. The van der Waals surface area contributed by atoms with Crippen molar-refractivity contribution in [2.45, 2.75) is 13.0 Å². The molecular weight excluding hydrogens is 228 g/mol. The van der Waals surface area contributed by atoms with Crippen LogP contribution in [0.4, 0.5) is 11.6 Å². The van der Waals surface area contributed by atoms with E-state index in [4.69, 9.17) is 5.73 Å². The molecule has 1 unspecified atom stereocenters. The summed E-state index contributed by atoms with van der Waals surface area (Å²) in [6, 6.07) is 2.22. The van der Waals surface area contributed by atoms with Crippen molar-refractivity contribution in [3.8, 4) is 0 Å². The van der Waals surface area contributed by atoms with E-state index in [-0.39, 0.29) is 6.04 Å². The van der Waals surface area contributed by atoms with Crippen LogP contribution in [0, 0.1) is 0 Å². The van der Waals surface area contributed by atoms with E-state index in [0.29, 0.717) is 6.54 Å². The first-order chi connectivity index (χ1) is 8.69. The highest BCUT2D eigenvalue weighted by Gasteiger charge is 2.15. The Bertz CT molecular complexity index is 375. The minimum atomic E-state index is 0.222. The largest absolute Gasteiger partial charge is 0.366 e. The number of aromatic nitrogens is 2. The van der Waals surface area contributed by atoms with E-state index in [1.165, 1.54) is 0 Å². The van der Waals surface area contributed by atoms with Gasteiger partial charge in [-0.15, -0.1) is 0 Å². The van der Waals surface area contributed by atoms with Gasteiger partial charge in [0.1, 0.15) is 18.0 Å². The van der Waals surface area contributed by atoms with Gasteiger partial charge in [-0.2, -0.15) is 0 Å². The molecule has 6 nitrogen and oxygen atoms in total. The number of hydrogen-bond acceptors (Lipinski definition) is 6. The second-order valence-corrected chi connectivity index (χ2v) is 4.83. The maximum absolute atomic E-state index is 5.59. The summed E-state index contributed by atoms with van der Waals surface area (Å²) in [4.78, 5) is 13.2. The van der Waals surface area contributed by atoms with Crippen molar-refractivity contribution < 1.29 is 0 Å². The van der Waals surface area contributed by atoms with Crippen LogP contribution in [-0.2, 0) is 0 Å². The molecule has 1 aromatic rings. The molecule has 100 valence electrons. The van der Waals surface area contributed by atoms with E-state index in [9.17, 15) is 0 Å². The lowest BCUT2D eigenvalue weighted by molar-refractivity contribution is 0.312. The highest BCUT2D eigenvalue weighted by molar-refractivity contribution is 5.49. The Labute approximate surface area is 108 Å². The van der Waals surface area contributed by atoms with Gasteiger partial charge in [-0.1, -0.05) is 0 Å². The summed E-state index contributed by atoms with van der Waals surface area (Å²) in [6.45, 7) is 6.81. The molecule has 6 heteroatoms. The van der Waals surface area contributed by atoms with Gasteiger partial charge in [-0.05, 0) is 14.0 Å². The van der Waals surface area contributed by atoms with Crippen LogP contribution < -0.4 is 16.0 Å². The average Bonchev–Trinajstić information content (AvgIpc) is 2.40. The molecule has 2 heterocycles. The van der Waals surface area contributed by atoms with Gasteiger partial charge in [0.2, 0.25) is 0 Å². The number of nitrogens with two attached hydrogens (primary N) is 1. The third kappa shape index (κ3) is 3.30. The second-order valence-electron chi connectivity index (χ2n) is 4.83. The number of rotatable bonds is 4. The summed E-state index contributed by atoms with van der Waals surface area (Å²) in [6.07, 6.45) is 1.61. The van der Waals surface area contributed by atoms with E-state index < -0.39 is 0 Å². The van der Waals surface area contributed by atoms with Crippen molar-refractivity contribution in [1.82, 2.24) is 14.9 Å². The van der Waals surface area contributed by atoms with Crippen LogP contribution in [0.2, 0.25) is 0 Å². The van der Waals surface area contributed by atoms with E-state index >= 15 is 0 Å². The molecule has 1 aliphatic heterocycles. The summed E-state index contributed by atoms with van der Waals surface area (Å²) < 4.78 is 0. The molecule has 0 aliphatic carbocycles. The van der Waals surface area contributed by atoms with Crippen LogP contribution in [0.15, 0.2) is 12.4 Å². The standard InChI is InChI=1S/C12H22N6/c1-10(8-13)16-11-7-12(15-9-14-11)18-5-3-17(2)4-6-18/h7,9-10H,3-6,8,13H2,1-2H3,(H,14,15,16). The second kappa shape index (κ2) is 5.97. The highest BCUT2D eigenvalue weighted by Crippen LogP contribution is 2.16. The fraction of sp³-hybridized carbons (Fsp3) is 0.667. The van der Waals surface area contributed by atoms with Crippen molar-refractivity contribution in [2.24, 2.45) is 5.73 Å². The fourth-order valence-corrected chi connectivity index (χ4v) is 1.95. The van der Waals surface area contributed by atoms with Gasteiger partial charge in [0.25, 0.3) is 0 Å². The van der Waals surface area contributed by atoms with Gasteiger partial charge in [0, 0.05) is 44.8 Å². The summed E-state index contributed by atoms with van der Waals surface area (Å²) in [5, 5.41) is 3.27. The average molecular weight is 250 g/mol. The summed E-state index contributed by atoms with van der Waals surface area (Å²) in [5.41, 5.74) is 5.59. The van der Waals surface area contributed by atoms with Crippen molar-refractivity contribution >= 4 is 11.6 Å². The van der Waals surface area contributed by atoms with E-state index in [1.807, 2.05) is 13.0 Å². The first kappa shape index (κ1) is 13.0. The van der Waals surface area contributed by atoms with Crippen LogP contribution >= 0.6 is 0 Å². The van der Waals surface area contributed by atoms with Crippen LogP contribution in [-0.4, -0.2) is 60.7 Å². The molecule has 0 spiro atoms. The zero-order valence-corrected chi connectivity index (χ0v) is 11.1. The Morgan fingerprint density at radius 1 is 1.33 bits per heavy atom. The molecule has 1 aromatic heterocycles. The van der Waals surface area contributed by atoms with Gasteiger partial charge in [-0.25, -0.2) is 9.97 Å². The topological polar surface area (TPSA) is 70.3 Å². The first-order valence-corrected chi connectivity index (χ1v) is 6.41. The summed E-state index contributed by atoms with van der Waals surface area (Å²) in [7, 11) is 2.15. The normalized spacial score (nSPS) is 18.7. The fourth-order valence-electron chi connectivity index (χ4n) is 1.95. The van der Waals surface area contributed by atoms with Crippen LogP contribution in [0.1, 0.15) is 6.92 Å². The molecule has 1 fully saturated rings. The molecule has 0 saturated carbocycles. The predicted molar refractivity (Wildman–Crippen MR) is 73.9 cm³/mol. The zero-order chi connectivity index (χ0) is 13.0. The quantitative estimate of drug-likeness (QED) is 0.783. The monoisotopic (exact) mass is 250 g/mol. The lowest BCUT2D eigenvalue weighted by Crippen LogP contribution is -2.44. The van der Waals surface area contributed by atoms with Gasteiger partial charge >= 0.3 is 0 Å². The number of nitrogens with one attached hydrogen (secondary N) is 1. The Balaban J connectivity index is 2.02. The van der Waals surface area contributed by atoms with Crippen molar-refractivity contribution in [3.05, 3.63) is 12.4 Å². The van der Waals surface area contributed by atoms with Gasteiger partial charge in [0.05, 0.1) is 0 Å². The number of hydrogen-bond donors (Lipinski definition) is 2. The summed E-state index contributed by atoms with van der Waals surface area (Å²) in [5.74, 6) is 1.83. The Kier molecular flexibility index (Phi) is 4.33. The number of anilines is 2. The van der Waals surface area contributed by atoms with Gasteiger partial charge in [0.15, 0.2) is 0 Å². The van der Waals surface area contributed by atoms with Gasteiger partial charge in [-0.3, -0.25) is 0 Å². The molecule has 1 saturated heterocycles. The molecule has 1 aliphatic rings. The molecule has 0 aromatic carbocycles.